The van der Waals surface area contributed by atoms with E-state index in [1.54, 1.807) is 53.4 Å². The second kappa shape index (κ2) is 8.15. The van der Waals surface area contributed by atoms with Crippen LogP contribution in [0.1, 0.15) is 29.8 Å². The lowest BCUT2D eigenvalue weighted by atomic mass is 10.1. The van der Waals surface area contributed by atoms with Crippen molar-refractivity contribution in [1.82, 2.24) is 4.90 Å². The first-order valence-electron chi connectivity index (χ1n) is 8.01. The van der Waals surface area contributed by atoms with Gasteiger partial charge in [-0.25, -0.2) is 0 Å². The zero-order valence-corrected chi connectivity index (χ0v) is 14.0. The van der Waals surface area contributed by atoms with Crippen molar-refractivity contribution < 1.29 is 14.7 Å². The van der Waals surface area contributed by atoms with E-state index in [1.165, 1.54) is 0 Å². The van der Waals surface area contributed by atoms with Crippen molar-refractivity contribution in [1.29, 1.82) is 0 Å². The first kappa shape index (κ1) is 17.5. The number of nitrogens with zero attached hydrogens (tertiary/aromatic N) is 1. The SMILES string of the molecule is CCN(CC)C(=O)c1ccc(NC(=O)Cc2ccccc2O)cc1. The topological polar surface area (TPSA) is 69.6 Å². The Kier molecular flexibility index (Phi) is 5.95. The number of carbonyl (C=O) groups excluding carboxylic acids is 2. The van der Waals surface area contributed by atoms with Gasteiger partial charge in [0, 0.05) is 29.9 Å². The van der Waals surface area contributed by atoms with Crippen LogP contribution in [-0.4, -0.2) is 34.9 Å². The Morgan fingerprint density at radius 2 is 1.62 bits per heavy atom. The van der Waals surface area contributed by atoms with E-state index in [9.17, 15) is 14.7 Å². The number of rotatable bonds is 6. The largest absolute Gasteiger partial charge is 0.508 e. The fourth-order valence-corrected chi connectivity index (χ4v) is 2.43. The van der Waals surface area contributed by atoms with Gasteiger partial charge < -0.3 is 15.3 Å². The summed E-state index contributed by atoms with van der Waals surface area (Å²) in [7, 11) is 0. The van der Waals surface area contributed by atoms with Gasteiger partial charge in [0.05, 0.1) is 6.42 Å². The molecule has 0 aliphatic carbocycles. The van der Waals surface area contributed by atoms with Gasteiger partial charge in [-0.1, -0.05) is 18.2 Å². The maximum Gasteiger partial charge on any atom is 0.253 e. The molecule has 0 aliphatic rings. The highest BCUT2D eigenvalue weighted by molar-refractivity contribution is 5.96. The van der Waals surface area contributed by atoms with Crippen molar-refractivity contribution in [3.05, 3.63) is 59.7 Å². The summed E-state index contributed by atoms with van der Waals surface area (Å²) in [6.07, 6.45) is 0.0901. The summed E-state index contributed by atoms with van der Waals surface area (Å²) < 4.78 is 0. The monoisotopic (exact) mass is 326 g/mol. The van der Waals surface area contributed by atoms with Crippen LogP contribution >= 0.6 is 0 Å². The minimum absolute atomic E-state index is 0.0212. The molecule has 2 N–H and O–H groups in total. The van der Waals surface area contributed by atoms with Gasteiger partial charge in [0.2, 0.25) is 5.91 Å². The quantitative estimate of drug-likeness (QED) is 0.857. The lowest BCUT2D eigenvalue weighted by Crippen LogP contribution is -2.30. The highest BCUT2D eigenvalue weighted by Gasteiger charge is 2.12. The number of aromatic hydroxyl groups is 1. The minimum Gasteiger partial charge on any atom is -0.508 e. The van der Waals surface area contributed by atoms with E-state index < -0.39 is 0 Å². The Hall–Kier alpha value is -2.82. The number of anilines is 1. The molecule has 0 heterocycles. The molecule has 2 rings (SSSR count). The van der Waals surface area contributed by atoms with Gasteiger partial charge in [-0.15, -0.1) is 0 Å². The lowest BCUT2D eigenvalue weighted by Gasteiger charge is -2.18. The summed E-state index contributed by atoms with van der Waals surface area (Å²) in [4.78, 5) is 26.0. The number of amides is 2. The number of phenols is 1. The molecule has 0 radical (unpaired) electrons. The van der Waals surface area contributed by atoms with E-state index in [4.69, 9.17) is 0 Å². The third-order valence-corrected chi connectivity index (χ3v) is 3.81. The number of hydrogen-bond acceptors (Lipinski definition) is 3. The molecule has 0 aromatic heterocycles. The average molecular weight is 326 g/mol. The maximum atomic E-state index is 12.2. The Morgan fingerprint density at radius 3 is 2.21 bits per heavy atom. The molecule has 0 unspecified atom stereocenters. The fraction of sp³-hybridized carbons (Fsp3) is 0.263. The van der Waals surface area contributed by atoms with Crippen LogP contribution < -0.4 is 5.32 Å². The molecule has 0 saturated carbocycles. The standard InChI is InChI=1S/C19H22N2O3/c1-3-21(4-2)19(24)14-9-11-16(12-10-14)20-18(23)13-15-7-5-6-8-17(15)22/h5-12,22H,3-4,13H2,1-2H3,(H,20,23). The number of nitrogens with one attached hydrogen (secondary N) is 1. The van der Waals surface area contributed by atoms with E-state index in [2.05, 4.69) is 5.32 Å². The zero-order chi connectivity index (χ0) is 17.5. The number of para-hydroxylation sites is 1. The summed E-state index contributed by atoms with van der Waals surface area (Å²) in [6, 6.07) is 13.6. The fourth-order valence-electron chi connectivity index (χ4n) is 2.43. The molecule has 126 valence electrons. The number of hydrogen-bond donors (Lipinski definition) is 2. The van der Waals surface area contributed by atoms with Gasteiger partial charge >= 0.3 is 0 Å². The third kappa shape index (κ3) is 4.35. The van der Waals surface area contributed by atoms with E-state index in [0.717, 1.165) is 0 Å². The molecular weight excluding hydrogens is 304 g/mol. The summed E-state index contributed by atoms with van der Waals surface area (Å²) in [6.45, 7) is 5.20. The molecule has 0 fully saturated rings. The summed E-state index contributed by atoms with van der Waals surface area (Å²) in [5, 5.41) is 12.5. The van der Waals surface area contributed by atoms with Gasteiger partial charge in [0.25, 0.3) is 5.91 Å². The van der Waals surface area contributed by atoms with Gasteiger partial charge in [0.1, 0.15) is 5.75 Å². The van der Waals surface area contributed by atoms with Gasteiger partial charge in [0.15, 0.2) is 0 Å². The van der Waals surface area contributed by atoms with Crippen LogP contribution in [0.4, 0.5) is 5.69 Å². The molecular formula is C19H22N2O3. The lowest BCUT2D eigenvalue weighted by molar-refractivity contribution is -0.115. The van der Waals surface area contributed by atoms with Gasteiger partial charge in [-0.05, 0) is 44.2 Å². The van der Waals surface area contributed by atoms with Crippen molar-refractivity contribution >= 4 is 17.5 Å². The van der Waals surface area contributed by atoms with Crippen LogP contribution in [0.2, 0.25) is 0 Å². The molecule has 0 spiro atoms. The van der Waals surface area contributed by atoms with Crippen LogP contribution in [-0.2, 0) is 11.2 Å². The number of benzene rings is 2. The predicted octanol–water partition coefficient (Wildman–Crippen LogP) is 3.06. The van der Waals surface area contributed by atoms with Crippen molar-refractivity contribution in [2.24, 2.45) is 0 Å². The number of phenolic OH excluding ortho intramolecular Hbond substituents is 1. The Balaban J connectivity index is 2.00. The van der Waals surface area contributed by atoms with E-state index in [0.29, 0.717) is 29.9 Å². The van der Waals surface area contributed by atoms with Crippen molar-refractivity contribution in [3.8, 4) is 5.75 Å². The molecule has 5 nitrogen and oxygen atoms in total. The Morgan fingerprint density at radius 1 is 1.00 bits per heavy atom. The van der Waals surface area contributed by atoms with E-state index >= 15 is 0 Å². The highest BCUT2D eigenvalue weighted by atomic mass is 16.3. The molecule has 0 atom stereocenters. The van der Waals surface area contributed by atoms with E-state index in [-0.39, 0.29) is 24.0 Å². The molecule has 0 aliphatic heterocycles. The van der Waals surface area contributed by atoms with Crippen LogP contribution in [0.3, 0.4) is 0 Å². The molecule has 2 aromatic rings. The smallest absolute Gasteiger partial charge is 0.253 e. The molecule has 5 heteroatoms. The first-order chi connectivity index (χ1) is 11.5. The van der Waals surface area contributed by atoms with Crippen LogP contribution in [0.25, 0.3) is 0 Å². The normalized spacial score (nSPS) is 10.2. The second-order valence-electron chi connectivity index (χ2n) is 5.41. The molecule has 2 aromatic carbocycles. The summed E-state index contributed by atoms with van der Waals surface area (Å²) in [5.74, 6) is -0.140. The minimum atomic E-state index is -0.223. The molecule has 0 saturated heterocycles. The van der Waals surface area contributed by atoms with Crippen molar-refractivity contribution in [3.63, 3.8) is 0 Å². The highest BCUT2D eigenvalue weighted by Crippen LogP contribution is 2.17. The zero-order valence-electron chi connectivity index (χ0n) is 14.0. The Bertz CT molecular complexity index is 707. The molecule has 0 bridgehead atoms. The molecule has 24 heavy (non-hydrogen) atoms. The molecule has 2 amide bonds. The third-order valence-electron chi connectivity index (χ3n) is 3.81. The summed E-state index contributed by atoms with van der Waals surface area (Å²) in [5.41, 5.74) is 1.78. The van der Waals surface area contributed by atoms with Gasteiger partial charge in [-0.2, -0.15) is 0 Å². The van der Waals surface area contributed by atoms with Crippen LogP contribution in [0.5, 0.6) is 5.75 Å². The van der Waals surface area contributed by atoms with Crippen molar-refractivity contribution in [2.75, 3.05) is 18.4 Å². The second-order valence-corrected chi connectivity index (χ2v) is 5.41. The van der Waals surface area contributed by atoms with E-state index in [1.807, 2.05) is 13.8 Å². The number of carbonyl (C=O) groups is 2. The van der Waals surface area contributed by atoms with Gasteiger partial charge in [-0.3, -0.25) is 9.59 Å². The first-order valence-corrected chi connectivity index (χ1v) is 8.01. The van der Waals surface area contributed by atoms with Crippen LogP contribution in [0, 0.1) is 0 Å². The van der Waals surface area contributed by atoms with Crippen molar-refractivity contribution in [2.45, 2.75) is 20.3 Å². The maximum absolute atomic E-state index is 12.2. The predicted molar refractivity (Wildman–Crippen MR) is 94.1 cm³/mol. The summed E-state index contributed by atoms with van der Waals surface area (Å²) >= 11 is 0. The van der Waals surface area contributed by atoms with Crippen LogP contribution in [0.15, 0.2) is 48.5 Å². The average Bonchev–Trinajstić information content (AvgIpc) is 2.58. The Labute approximate surface area is 141 Å².